The largest absolute Gasteiger partial charge is 0.385 e. The van der Waals surface area contributed by atoms with E-state index in [0.29, 0.717) is 29.3 Å². The molecular weight excluding hydrogens is 358 g/mol. The normalized spacial score (nSPS) is 10.1. The van der Waals surface area contributed by atoms with Gasteiger partial charge in [0.15, 0.2) is 5.11 Å². The van der Waals surface area contributed by atoms with E-state index in [-0.39, 0.29) is 16.9 Å². The molecule has 0 fully saturated rings. The Morgan fingerprint density at radius 3 is 2.68 bits per heavy atom. The molecule has 0 radical (unpaired) electrons. The minimum Gasteiger partial charge on any atom is -0.385 e. The number of ether oxygens (including phenoxy) is 1. The van der Waals surface area contributed by atoms with E-state index >= 15 is 0 Å². The first kappa shape index (κ1) is 19.0. The molecule has 1 aromatic heterocycles. The summed E-state index contributed by atoms with van der Waals surface area (Å²) < 4.78 is 4.95. The first-order valence-corrected chi connectivity index (χ1v) is 8.92. The van der Waals surface area contributed by atoms with Crippen LogP contribution in [0, 0.1) is 0 Å². The molecule has 25 heavy (non-hydrogen) atoms. The summed E-state index contributed by atoms with van der Waals surface area (Å²) in [6.45, 7) is 1.10. The van der Waals surface area contributed by atoms with Crippen molar-refractivity contribution in [1.29, 1.82) is 0 Å². The number of thiophene rings is 1. The van der Waals surface area contributed by atoms with Gasteiger partial charge in [-0.1, -0.05) is 18.2 Å². The monoisotopic (exact) mass is 377 g/mol. The summed E-state index contributed by atoms with van der Waals surface area (Å²) in [5, 5.41) is 10.3. The van der Waals surface area contributed by atoms with Crippen LogP contribution >= 0.6 is 23.6 Å². The summed E-state index contributed by atoms with van der Waals surface area (Å²) in [7, 11) is 1.62. The van der Waals surface area contributed by atoms with Crippen LogP contribution in [0.1, 0.15) is 26.5 Å². The average Bonchev–Trinajstić information content (AvgIpc) is 3.13. The lowest BCUT2D eigenvalue weighted by Gasteiger charge is -2.13. The molecule has 0 saturated carbocycles. The molecular formula is C17H19N3O3S2. The number of carbonyl (C=O) groups is 2. The van der Waals surface area contributed by atoms with Gasteiger partial charge >= 0.3 is 0 Å². The van der Waals surface area contributed by atoms with E-state index in [4.69, 9.17) is 17.0 Å². The summed E-state index contributed by atoms with van der Waals surface area (Å²) >= 11 is 6.49. The zero-order valence-electron chi connectivity index (χ0n) is 13.7. The molecule has 0 bridgehead atoms. The number of hydrogen-bond donors (Lipinski definition) is 3. The maximum absolute atomic E-state index is 12.3. The second-order valence-corrected chi connectivity index (χ2v) is 6.39. The Labute approximate surface area is 155 Å². The zero-order valence-corrected chi connectivity index (χ0v) is 15.3. The van der Waals surface area contributed by atoms with E-state index in [0.717, 1.165) is 6.42 Å². The van der Waals surface area contributed by atoms with Crippen molar-refractivity contribution in [3.05, 3.63) is 52.2 Å². The van der Waals surface area contributed by atoms with Crippen LogP contribution in [0.2, 0.25) is 0 Å². The van der Waals surface area contributed by atoms with Crippen LogP contribution in [0.3, 0.4) is 0 Å². The Balaban J connectivity index is 1.96. The Bertz CT molecular complexity index is 732. The van der Waals surface area contributed by atoms with Crippen LogP contribution in [-0.4, -0.2) is 37.2 Å². The van der Waals surface area contributed by atoms with Crippen molar-refractivity contribution in [1.82, 2.24) is 10.6 Å². The van der Waals surface area contributed by atoms with E-state index < -0.39 is 0 Å². The second-order valence-electron chi connectivity index (χ2n) is 5.03. The molecule has 132 valence electrons. The topological polar surface area (TPSA) is 79.5 Å². The molecule has 2 aromatic rings. The fourth-order valence-corrected chi connectivity index (χ4v) is 2.85. The highest BCUT2D eigenvalue weighted by Crippen LogP contribution is 2.15. The van der Waals surface area contributed by atoms with Gasteiger partial charge in [0.1, 0.15) is 0 Å². The third kappa shape index (κ3) is 5.93. The van der Waals surface area contributed by atoms with Gasteiger partial charge < -0.3 is 15.4 Å². The van der Waals surface area contributed by atoms with Crippen LogP contribution < -0.4 is 16.0 Å². The van der Waals surface area contributed by atoms with Crippen LogP contribution in [-0.2, 0) is 4.74 Å². The maximum atomic E-state index is 12.3. The average molecular weight is 377 g/mol. The molecule has 8 heteroatoms. The molecule has 0 unspecified atom stereocenters. The lowest BCUT2D eigenvalue weighted by atomic mass is 10.1. The third-order valence-corrected chi connectivity index (χ3v) is 4.28. The number of para-hydroxylation sites is 1. The number of amides is 2. The van der Waals surface area contributed by atoms with E-state index in [2.05, 4.69) is 16.0 Å². The van der Waals surface area contributed by atoms with Crippen molar-refractivity contribution in [3.8, 4) is 0 Å². The van der Waals surface area contributed by atoms with Gasteiger partial charge in [-0.15, -0.1) is 11.3 Å². The highest BCUT2D eigenvalue weighted by molar-refractivity contribution is 7.80. The molecule has 0 spiro atoms. The van der Waals surface area contributed by atoms with E-state index in [1.54, 1.807) is 43.5 Å². The molecule has 0 aliphatic rings. The number of methoxy groups -OCH3 is 1. The quantitative estimate of drug-likeness (QED) is 0.511. The summed E-state index contributed by atoms with van der Waals surface area (Å²) in [5.74, 6) is -0.499. The minimum absolute atomic E-state index is 0.137. The lowest BCUT2D eigenvalue weighted by Crippen LogP contribution is -2.34. The summed E-state index contributed by atoms with van der Waals surface area (Å²) in [6, 6.07) is 10.5. The number of thiocarbonyl (C=S) groups is 1. The van der Waals surface area contributed by atoms with Gasteiger partial charge in [-0.25, -0.2) is 0 Å². The Morgan fingerprint density at radius 2 is 1.96 bits per heavy atom. The SMILES string of the molecule is COCCCNC(=O)c1ccccc1NC(=S)NC(=O)c1cccs1. The second kappa shape index (κ2) is 9.87. The summed E-state index contributed by atoms with van der Waals surface area (Å²) in [6.07, 6.45) is 0.729. The van der Waals surface area contributed by atoms with Crippen LogP contribution in [0.4, 0.5) is 5.69 Å². The van der Waals surface area contributed by atoms with Gasteiger partial charge in [-0.05, 0) is 42.2 Å². The summed E-state index contributed by atoms with van der Waals surface area (Å²) in [4.78, 5) is 24.9. The van der Waals surface area contributed by atoms with Crippen molar-refractivity contribution in [3.63, 3.8) is 0 Å². The number of benzene rings is 1. The third-order valence-electron chi connectivity index (χ3n) is 3.20. The molecule has 1 aromatic carbocycles. The van der Waals surface area contributed by atoms with Gasteiger partial charge in [-0.3, -0.25) is 14.9 Å². The maximum Gasteiger partial charge on any atom is 0.267 e. The number of rotatable bonds is 7. The van der Waals surface area contributed by atoms with Gasteiger partial charge in [0.2, 0.25) is 0 Å². The Kier molecular flexibility index (Phi) is 7.52. The molecule has 2 rings (SSSR count). The first-order chi connectivity index (χ1) is 12.1. The number of carbonyl (C=O) groups excluding carboxylic acids is 2. The summed E-state index contributed by atoms with van der Waals surface area (Å²) in [5.41, 5.74) is 0.982. The molecule has 0 aliphatic carbocycles. The highest BCUT2D eigenvalue weighted by Gasteiger charge is 2.13. The van der Waals surface area contributed by atoms with Crippen LogP contribution in [0.5, 0.6) is 0 Å². The van der Waals surface area contributed by atoms with E-state index in [1.165, 1.54) is 11.3 Å². The van der Waals surface area contributed by atoms with Crippen molar-refractivity contribution in [2.75, 3.05) is 25.6 Å². The number of hydrogen-bond acceptors (Lipinski definition) is 5. The van der Waals surface area contributed by atoms with Crippen molar-refractivity contribution >= 4 is 46.2 Å². The fraction of sp³-hybridized carbons (Fsp3) is 0.235. The van der Waals surface area contributed by atoms with Gasteiger partial charge in [-0.2, -0.15) is 0 Å². The Morgan fingerprint density at radius 1 is 1.16 bits per heavy atom. The molecule has 1 heterocycles. The van der Waals surface area contributed by atoms with Crippen molar-refractivity contribution in [2.45, 2.75) is 6.42 Å². The zero-order chi connectivity index (χ0) is 18.1. The highest BCUT2D eigenvalue weighted by atomic mass is 32.1. The van der Waals surface area contributed by atoms with Gasteiger partial charge in [0.05, 0.1) is 16.1 Å². The Hall–Kier alpha value is -2.29. The predicted octanol–water partition coefficient (Wildman–Crippen LogP) is 2.64. The molecule has 0 aliphatic heterocycles. The van der Waals surface area contributed by atoms with E-state index in [9.17, 15) is 9.59 Å². The van der Waals surface area contributed by atoms with Crippen molar-refractivity contribution in [2.24, 2.45) is 0 Å². The number of nitrogens with one attached hydrogen (secondary N) is 3. The fourth-order valence-electron chi connectivity index (χ4n) is 2.03. The predicted molar refractivity (Wildman–Crippen MR) is 103 cm³/mol. The molecule has 2 amide bonds. The lowest BCUT2D eigenvalue weighted by molar-refractivity contribution is 0.0948. The molecule has 0 atom stereocenters. The first-order valence-electron chi connectivity index (χ1n) is 7.64. The van der Waals surface area contributed by atoms with Crippen LogP contribution in [0.15, 0.2) is 41.8 Å². The minimum atomic E-state index is -0.283. The van der Waals surface area contributed by atoms with Gasteiger partial charge in [0.25, 0.3) is 11.8 Å². The molecule has 3 N–H and O–H groups in total. The van der Waals surface area contributed by atoms with Crippen LogP contribution in [0.25, 0.3) is 0 Å². The van der Waals surface area contributed by atoms with E-state index in [1.807, 2.05) is 5.38 Å². The smallest absolute Gasteiger partial charge is 0.267 e. The van der Waals surface area contributed by atoms with Crippen molar-refractivity contribution < 1.29 is 14.3 Å². The van der Waals surface area contributed by atoms with Gasteiger partial charge in [0, 0.05) is 20.3 Å². The molecule has 0 saturated heterocycles. The standard InChI is InChI=1S/C17H19N3O3S2/c1-23-10-5-9-18-15(21)12-6-2-3-7-13(12)19-17(24)20-16(22)14-8-4-11-25-14/h2-4,6-8,11H,5,9-10H2,1H3,(H,18,21)(H2,19,20,22,24). The molecule has 6 nitrogen and oxygen atoms in total. The number of anilines is 1.